The van der Waals surface area contributed by atoms with Crippen molar-refractivity contribution in [2.45, 2.75) is 18.8 Å². The van der Waals surface area contributed by atoms with E-state index in [1.54, 1.807) is 25.6 Å². The van der Waals surface area contributed by atoms with Gasteiger partial charge in [-0.05, 0) is 53.3 Å². The molecule has 0 spiro atoms. The number of fused-ring (bicyclic) bond motifs is 3. The summed E-state index contributed by atoms with van der Waals surface area (Å²) in [7, 11) is 3.27. The second-order valence-corrected chi connectivity index (χ2v) is 8.69. The monoisotopic (exact) mass is 414 g/mol. The summed E-state index contributed by atoms with van der Waals surface area (Å²) in [5.74, 6) is 1.70. The molecular weight excluding hydrogens is 392 g/mol. The van der Waals surface area contributed by atoms with Crippen LogP contribution in [0.1, 0.15) is 29.9 Å². The molecular formula is C26H22O3S. The highest BCUT2D eigenvalue weighted by Gasteiger charge is 2.25. The quantitative estimate of drug-likeness (QED) is 0.377. The number of carbonyl (C=O) groups is 1. The Morgan fingerprint density at radius 3 is 2.50 bits per heavy atom. The van der Waals surface area contributed by atoms with Gasteiger partial charge in [0.25, 0.3) is 0 Å². The summed E-state index contributed by atoms with van der Waals surface area (Å²) in [6.45, 7) is 0. The molecule has 4 heteroatoms. The van der Waals surface area contributed by atoms with Crippen molar-refractivity contribution < 1.29 is 14.3 Å². The van der Waals surface area contributed by atoms with Crippen molar-refractivity contribution >= 4 is 42.9 Å². The van der Waals surface area contributed by atoms with Crippen LogP contribution in [0.4, 0.5) is 0 Å². The highest BCUT2D eigenvalue weighted by atomic mass is 32.1. The first-order chi connectivity index (χ1) is 14.7. The first-order valence-electron chi connectivity index (χ1n) is 10.0. The number of allylic oxidation sites excluding steroid dienone is 2. The van der Waals surface area contributed by atoms with Crippen LogP contribution < -0.4 is 9.47 Å². The van der Waals surface area contributed by atoms with Crippen molar-refractivity contribution in [3.05, 3.63) is 77.9 Å². The molecule has 3 aromatic carbocycles. The minimum absolute atomic E-state index is 0.127. The van der Waals surface area contributed by atoms with Gasteiger partial charge in [-0.25, -0.2) is 0 Å². The van der Waals surface area contributed by atoms with Crippen LogP contribution in [-0.2, 0) is 4.79 Å². The Morgan fingerprint density at radius 2 is 1.67 bits per heavy atom. The summed E-state index contributed by atoms with van der Waals surface area (Å²) >= 11 is 1.80. The molecule has 0 amide bonds. The van der Waals surface area contributed by atoms with E-state index >= 15 is 0 Å². The lowest BCUT2D eigenvalue weighted by Crippen LogP contribution is -2.12. The van der Waals surface area contributed by atoms with E-state index in [9.17, 15) is 4.79 Å². The number of thiophene rings is 1. The summed E-state index contributed by atoms with van der Waals surface area (Å²) in [6.07, 6.45) is 3.19. The summed E-state index contributed by atoms with van der Waals surface area (Å²) in [5, 5.41) is 2.54. The summed E-state index contributed by atoms with van der Waals surface area (Å²) in [4.78, 5) is 12.7. The second kappa shape index (κ2) is 7.62. The largest absolute Gasteiger partial charge is 0.493 e. The van der Waals surface area contributed by atoms with Crippen molar-refractivity contribution in [3.8, 4) is 11.5 Å². The van der Waals surface area contributed by atoms with Crippen LogP contribution in [0.2, 0.25) is 0 Å². The Hall–Kier alpha value is -3.11. The van der Waals surface area contributed by atoms with E-state index < -0.39 is 0 Å². The minimum Gasteiger partial charge on any atom is -0.493 e. The van der Waals surface area contributed by atoms with Crippen LogP contribution in [-0.4, -0.2) is 20.0 Å². The molecule has 1 atom stereocenters. The Bertz CT molecular complexity index is 1300. The highest BCUT2D eigenvalue weighted by Crippen LogP contribution is 2.43. The Balaban J connectivity index is 1.57. The van der Waals surface area contributed by atoms with Gasteiger partial charge in [0.05, 0.1) is 14.2 Å². The van der Waals surface area contributed by atoms with Crippen molar-refractivity contribution in [3.63, 3.8) is 0 Å². The van der Waals surface area contributed by atoms with E-state index in [-0.39, 0.29) is 11.7 Å². The van der Waals surface area contributed by atoms with Gasteiger partial charge in [0.15, 0.2) is 17.3 Å². The van der Waals surface area contributed by atoms with Crippen molar-refractivity contribution in [1.82, 2.24) is 0 Å². The normalized spacial score (nSPS) is 16.7. The maximum Gasteiger partial charge on any atom is 0.160 e. The molecule has 3 nitrogen and oxygen atoms in total. The molecule has 1 heterocycles. The summed E-state index contributed by atoms with van der Waals surface area (Å²) in [6, 6.07) is 20.9. The molecule has 1 aromatic heterocycles. The number of ether oxygens (including phenoxy) is 2. The molecule has 5 rings (SSSR count). The molecule has 4 aromatic rings. The minimum atomic E-state index is 0.127. The van der Waals surface area contributed by atoms with Gasteiger partial charge in [-0.3, -0.25) is 4.79 Å². The third-order valence-electron chi connectivity index (χ3n) is 5.88. The zero-order valence-corrected chi connectivity index (χ0v) is 17.8. The number of hydrogen-bond donors (Lipinski definition) is 0. The zero-order valence-electron chi connectivity index (χ0n) is 17.0. The first kappa shape index (κ1) is 18.9. The molecule has 1 unspecified atom stereocenters. The van der Waals surface area contributed by atoms with Gasteiger partial charge in [0.1, 0.15) is 0 Å². The SMILES string of the molecule is COc1ccc(C2CC(=O)C=C(c3cccc4c3sc3ccccc34)C2)cc1OC. The van der Waals surface area contributed by atoms with Crippen LogP contribution in [0.25, 0.3) is 25.7 Å². The molecule has 0 N–H and O–H groups in total. The molecule has 0 radical (unpaired) electrons. The van der Waals surface area contributed by atoms with E-state index in [1.165, 1.54) is 25.7 Å². The zero-order chi connectivity index (χ0) is 20.7. The van der Waals surface area contributed by atoms with E-state index in [0.717, 1.165) is 17.6 Å². The Kier molecular flexibility index (Phi) is 4.80. The van der Waals surface area contributed by atoms with Gasteiger partial charge in [-0.1, -0.05) is 42.5 Å². The Labute approximate surface area is 179 Å². The second-order valence-electron chi connectivity index (χ2n) is 7.64. The molecule has 30 heavy (non-hydrogen) atoms. The summed E-state index contributed by atoms with van der Waals surface area (Å²) < 4.78 is 13.4. The molecule has 1 aliphatic rings. The lowest BCUT2D eigenvalue weighted by atomic mass is 9.81. The lowest BCUT2D eigenvalue weighted by Gasteiger charge is -2.24. The molecule has 150 valence electrons. The average Bonchev–Trinajstić information content (AvgIpc) is 3.17. The predicted molar refractivity (Wildman–Crippen MR) is 124 cm³/mol. The van der Waals surface area contributed by atoms with Crippen molar-refractivity contribution in [1.29, 1.82) is 0 Å². The van der Waals surface area contributed by atoms with Crippen LogP contribution in [0.15, 0.2) is 66.7 Å². The number of ketones is 1. The third kappa shape index (κ3) is 3.17. The number of methoxy groups -OCH3 is 2. The van der Waals surface area contributed by atoms with Crippen LogP contribution >= 0.6 is 11.3 Å². The van der Waals surface area contributed by atoms with Crippen LogP contribution in [0, 0.1) is 0 Å². The van der Waals surface area contributed by atoms with Crippen LogP contribution in [0.3, 0.4) is 0 Å². The highest BCUT2D eigenvalue weighted by molar-refractivity contribution is 7.26. The maximum absolute atomic E-state index is 12.7. The molecule has 0 aliphatic heterocycles. The number of benzene rings is 3. The van der Waals surface area contributed by atoms with Gasteiger partial charge in [-0.15, -0.1) is 11.3 Å². The third-order valence-corrected chi connectivity index (χ3v) is 7.10. The molecule has 0 bridgehead atoms. The van der Waals surface area contributed by atoms with E-state index in [0.29, 0.717) is 17.9 Å². The van der Waals surface area contributed by atoms with E-state index in [2.05, 4.69) is 42.5 Å². The van der Waals surface area contributed by atoms with Gasteiger partial charge < -0.3 is 9.47 Å². The fourth-order valence-corrected chi connectivity index (χ4v) is 5.67. The fraction of sp³-hybridized carbons (Fsp3) is 0.192. The number of rotatable bonds is 4. The van der Waals surface area contributed by atoms with E-state index in [1.807, 2.05) is 24.3 Å². The topological polar surface area (TPSA) is 35.5 Å². The molecule has 0 saturated carbocycles. The van der Waals surface area contributed by atoms with E-state index in [4.69, 9.17) is 9.47 Å². The number of hydrogen-bond acceptors (Lipinski definition) is 4. The molecule has 1 aliphatic carbocycles. The standard InChI is InChI=1S/C26H22O3S/c1-28-23-11-10-16(15-24(23)29-2)17-12-18(14-19(27)13-17)20-7-5-8-22-21-6-3-4-9-25(21)30-26(20)22/h3-11,14-15,17H,12-13H2,1-2H3. The average molecular weight is 415 g/mol. The Morgan fingerprint density at radius 1 is 0.867 bits per heavy atom. The van der Waals surface area contributed by atoms with Crippen molar-refractivity contribution in [2.24, 2.45) is 0 Å². The van der Waals surface area contributed by atoms with Crippen molar-refractivity contribution in [2.75, 3.05) is 14.2 Å². The number of carbonyl (C=O) groups excluding carboxylic acids is 1. The predicted octanol–water partition coefficient (Wildman–Crippen LogP) is 6.60. The first-order valence-corrected chi connectivity index (χ1v) is 10.9. The van der Waals surface area contributed by atoms with Crippen LogP contribution in [0.5, 0.6) is 11.5 Å². The smallest absolute Gasteiger partial charge is 0.160 e. The van der Waals surface area contributed by atoms with Gasteiger partial charge in [0, 0.05) is 26.6 Å². The van der Waals surface area contributed by atoms with Gasteiger partial charge >= 0.3 is 0 Å². The van der Waals surface area contributed by atoms with Gasteiger partial charge in [-0.2, -0.15) is 0 Å². The molecule has 0 saturated heterocycles. The van der Waals surface area contributed by atoms with Gasteiger partial charge in [0.2, 0.25) is 0 Å². The fourth-order valence-electron chi connectivity index (χ4n) is 4.42. The lowest BCUT2D eigenvalue weighted by molar-refractivity contribution is -0.115. The molecule has 0 fully saturated rings. The maximum atomic E-state index is 12.7. The summed E-state index contributed by atoms with van der Waals surface area (Å²) in [5.41, 5.74) is 3.39.